The second kappa shape index (κ2) is 10.7. The number of hydrogen-bond acceptors (Lipinski definition) is 4. The van der Waals surface area contributed by atoms with Crippen LogP contribution in [0.15, 0.2) is 71.6 Å². The zero-order valence-electron chi connectivity index (χ0n) is 20.3. The van der Waals surface area contributed by atoms with Crippen LogP contribution in [0.1, 0.15) is 42.1 Å². The first-order valence-corrected chi connectivity index (χ1v) is 12.7. The second-order valence-corrected chi connectivity index (χ2v) is 10.2. The van der Waals surface area contributed by atoms with Crippen LogP contribution in [0.25, 0.3) is 0 Å². The molecule has 6 nitrogen and oxygen atoms in total. The maximum atomic E-state index is 13.7. The number of aryl methyl sites for hydroxylation is 3. The highest BCUT2D eigenvalue weighted by Gasteiger charge is 2.30. The highest BCUT2D eigenvalue weighted by atomic mass is 32.2. The van der Waals surface area contributed by atoms with Crippen molar-refractivity contribution in [2.24, 2.45) is 0 Å². The predicted molar refractivity (Wildman–Crippen MR) is 136 cm³/mol. The fourth-order valence-electron chi connectivity index (χ4n) is 3.67. The van der Waals surface area contributed by atoms with E-state index in [-0.39, 0.29) is 17.5 Å². The summed E-state index contributed by atoms with van der Waals surface area (Å²) in [5, 5.41) is 2.93. The van der Waals surface area contributed by atoms with Gasteiger partial charge in [-0.25, -0.2) is 8.42 Å². The highest BCUT2D eigenvalue weighted by Crippen LogP contribution is 2.33. The van der Waals surface area contributed by atoms with Crippen molar-refractivity contribution in [3.63, 3.8) is 0 Å². The van der Waals surface area contributed by atoms with Gasteiger partial charge in [-0.1, -0.05) is 55.0 Å². The van der Waals surface area contributed by atoms with Crippen LogP contribution < -0.4 is 14.4 Å². The largest absolute Gasteiger partial charge is 0.495 e. The zero-order chi connectivity index (χ0) is 24.9. The number of amides is 1. The summed E-state index contributed by atoms with van der Waals surface area (Å²) in [7, 11) is -2.55. The molecule has 3 rings (SSSR count). The Balaban J connectivity index is 1.94. The molecule has 1 atom stereocenters. The van der Waals surface area contributed by atoms with E-state index < -0.39 is 15.9 Å². The number of anilines is 1. The van der Waals surface area contributed by atoms with Crippen LogP contribution in [-0.4, -0.2) is 28.0 Å². The first-order chi connectivity index (χ1) is 16.1. The van der Waals surface area contributed by atoms with Crippen LogP contribution in [-0.2, 0) is 21.2 Å². The number of benzene rings is 3. The number of sulfonamides is 1. The van der Waals surface area contributed by atoms with E-state index in [1.54, 1.807) is 36.4 Å². The van der Waals surface area contributed by atoms with Crippen molar-refractivity contribution in [1.82, 2.24) is 5.32 Å². The molecular weight excluding hydrogens is 448 g/mol. The average molecular weight is 481 g/mol. The molecule has 0 aliphatic rings. The molecule has 0 spiro atoms. The monoisotopic (exact) mass is 480 g/mol. The molecule has 0 bridgehead atoms. The summed E-state index contributed by atoms with van der Waals surface area (Å²) < 4.78 is 33.9. The molecule has 3 aromatic rings. The van der Waals surface area contributed by atoms with Crippen LogP contribution in [0, 0.1) is 13.8 Å². The summed E-state index contributed by atoms with van der Waals surface area (Å²) in [5.74, 6) is -0.0383. The summed E-state index contributed by atoms with van der Waals surface area (Å²) in [6, 6.07) is 19.6. The van der Waals surface area contributed by atoms with E-state index in [9.17, 15) is 13.2 Å². The molecule has 0 heterocycles. The van der Waals surface area contributed by atoms with Crippen molar-refractivity contribution in [2.45, 2.75) is 45.1 Å². The first kappa shape index (κ1) is 25.3. The molecule has 1 amide bonds. The minimum absolute atomic E-state index is 0.109. The Morgan fingerprint density at radius 3 is 2.18 bits per heavy atom. The van der Waals surface area contributed by atoms with Crippen LogP contribution in [0.4, 0.5) is 5.69 Å². The van der Waals surface area contributed by atoms with E-state index in [1.165, 1.54) is 12.7 Å². The van der Waals surface area contributed by atoms with Gasteiger partial charge in [0.15, 0.2) is 0 Å². The Morgan fingerprint density at radius 1 is 0.971 bits per heavy atom. The molecule has 0 aliphatic carbocycles. The molecule has 0 radical (unpaired) electrons. The van der Waals surface area contributed by atoms with Gasteiger partial charge in [0.05, 0.1) is 23.7 Å². The van der Waals surface area contributed by atoms with Gasteiger partial charge >= 0.3 is 0 Å². The normalized spacial score (nSPS) is 12.1. The number of hydrogen-bond donors (Lipinski definition) is 1. The van der Waals surface area contributed by atoms with Gasteiger partial charge in [0.1, 0.15) is 12.3 Å². The van der Waals surface area contributed by atoms with Gasteiger partial charge < -0.3 is 10.1 Å². The Hall–Kier alpha value is -3.32. The van der Waals surface area contributed by atoms with Crippen molar-refractivity contribution in [3.8, 4) is 5.75 Å². The highest BCUT2D eigenvalue weighted by molar-refractivity contribution is 7.92. The van der Waals surface area contributed by atoms with Gasteiger partial charge in [0.2, 0.25) is 5.91 Å². The third-order valence-corrected chi connectivity index (χ3v) is 7.54. The van der Waals surface area contributed by atoms with E-state index in [0.29, 0.717) is 11.4 Å². The Kier molecular flexibility index (Phi) is 7.99. The van der Waals surface area contributed by atoms with Crippen molar-refractivity contribution >= 4 is 21.6 Å². The van der Waals surface area contributed by atoms with E-state index in [2.05, 4.69) is 12.2 Å². The van der Waals surface area contributed by atoms with E-state index in [1.807, 2.05) is 51.1 Å². The third-order valence-electron chi connectivity index (χ3n) is 5.76. The van der Waals surface area contributed by atoms with Gasteiger partial charge in [-0.3, -0.25) is 9.10 Å². The summed E-state index contributed by atoms with van der Waals surface area (Å²) in [6.07, 6.45) is 0.936. The Morgan fingerprint density at radius 2 is 1.59 bits per heavy atom. The summed E-state index contributed by atoms with van der Waals surface area (Å²) in [5.41, 5.74) is 4.28. The van der Waals surface area contributed by atoms with Crippen molar-refractivity contribution in [3.05, 3.63) is 89.0 Å². The second-order valence-electron chi connectivity index (χ2n) is 8.38. The molecule has 3 aromatic carbocycles. The van der Waals surface area contributed by atoms with Gasteiger partial charge in [-0.15, -0.1) is 0 Å². The smallest absolute Gasteiger partial charge is 0.264 e. The maximum Gasteiger partial charge on any atom is 0.264 e. The van der Waals surface area contributed by atoms with Crippen molar-refractivity contribution in [2.75, 3.05) is 18.0 Å². The topological polar surface area (TPSA) is 75.7 Å². The number of ether oxygens (including phenoxy) is 1. The lowest BCUT2D eigenvalue weighted by molar-refractivity contribution is -0.120. The molecule has 0 unspecified atom stereocenters. The van der Waals surface area contributed by atoms with Crippen molar-refractivity contribution in [1.29, 1.82) is 0 Å². The Labute approximate surface area is 202 Å². The number of nitrogens with one attached hydrogen (secondary N) is 1. The molecule has 0 fully saturated rings. The number of nitrogens with zero attached hydrogens (tertiary/aromatic N) is 1. The first-order valence-electron chi connectivity index (χ1n) is 11.3. The number of methoxy groups -OCH3 is 1. The number of rotatable bonds is 9. The summed E-state index contributed by atoms with van der Waals surface area (Å²) in [4.78, 5) is 13.2. The molecule has 0 aliphatic heterocycles. The van der Waals surface area contributed by atoms with Crippen LogP contribution in [0.5, 0.6) is 5.75 Å². The molecule has 0 saturated carbocycles. The Bertz CT molecular complexity index is 1240. The number of carbonyl (C=O) groups excluding carboxylic acids is 1. The van der Waals surface area contributed by atoms with Gasteiger partial charge in [0.25, 0.3) is 10.0 Å². The van der Waals surface area contributed by atoms with Crippen LogP contribution in [0.3, 0.4) is 0 Å². The summed E-state index contributed by atoms with van der Waals surface area (Å²) >= 11 is 0. The average Bonchev–Trinajstić information content (AvgIpc) is 2.82. The van der Waals surface area contributed by atoms with Crippen LogP contribution in [0.2, 0.25) is 0 Å². The number of carbonyl (C=O) groups is 1. The lowest BCUT2D eigenvalue weighted by Crippen LogP contribution is -2.41. The SMILES string of the molecule is CCc1ccc([C@@H](C)NC(=O)CN(c2cc(C)ccc2OC)S(=O)(=O)c2ccc(C)cc2)cc1. The predicted octanol–water partition coefficient (Wildman–Crippen LogP) is 4.95. The van der Waals surface area contributed by atoms with Gasteiger partial charge in [-0.05, 0) is 68.1 Å². The van der Waals surface area contributed by atoms with Gasteiger partial charge in [0, 0.05) is 0 Å². The molecule has 34 heavy (non-hydrogen) atoms. The maximum absolute atomic E-state index is 13.7. The standard InChI is InChI=1S/C27H32N2O4S/c1-6-22-10-12-23(13-11-22)21(4)28-27(30)18-29(25-17-20(3)9-16-26(25)33-5)34(31,32)24-14-7-19(2)8-15-24/h7-17,21H,6,18H2,1-5H3,(H,28,30)/t21-/m1/s1. The minimum Gasteiger partial charge on any atom is -0.495 e. The van der Waals surface area contributed by atoms with E-state index >= 15 is 0 Å². The van der Waals surface area contributed by atoms with Crippen molar-refractivity contribution < 1.29 is 17.9 Å². The zero-order valence-corrected chi connectivity index (χ0v) is 21.1. The molecule has 180 valence electrons. The quantitative estimate of drug-likeness (QED) is 0.470. The summed E-state index contributed by atoms with van der Waals surface area (Å²) in [6.45, 7) is 7.34. The van der Waals surface area contributed by atoms with E-state index in [0.717, 1.165) is 27.4 Å². The molecular formula is C27H32N2O4S. The van der Waals surface area contributed by atoms with Crippen LogP contribution >= 0.6 is 0 Å². The molecule has 7 heteroatoms. The fraction of sp³-hybridized carbons (Fsp3) is 0.296. The molecule has 1 N–H and O–H groups in total. The molecule has 0 saturated heterocycles. The van der Waals surface area contributed by atoms with E-state index in [4.69, 9.17) is 4.74 Å². The minimum atomic E-state index is -4.03. The lowest BCUT2D eigenvalue weighted by atomic mass is 10.1. The lowest BCUT2D eigenvalue weighted by Gasteiger charge is -2.27. The molecule has 0 aromatic heterocycles. The van der Waals surface area contributed by atoms with Gasteiger partial charge in [-0.2, -0.15) is 0 Å². The fourth-order valence-corrected chi connectivity index (χ4v) is 5.10. The third kappa shape index (κ3) is 5.78.